The first kappa shape index (κ1) is 19.9. The van der Waals surface area contributed by atoms with E-state index in [0.717, 1.165) is 10.2 Å². The molecule has 0 aliphatic heterocycles. The summed E-state index contributed by atoms with van der Waals surface area (Å²) in [6.45, 7) is 1.03. The fourth-order valence-electron chi connectivity index (χ4n) is 2.85. The van der Waals surface area contributed by atoms with Crippen LogP contribution in [0.15, 0.2) is 41.4 Å². The Morgan fingerprint density at radius 3 is 2.36 bits per heavy atom. The molecule has 0 aliphatic rings. The molecule has 3 aromatic rings. The number of amides is 1. The second-order valence-corrected chi connectivity index (χ2v) is 6.83. The van der Waals surface area contributed by atoms with Gasteiger partial charge in [-0.2, -0.15) is 4.99 Å². The third-order valence-corrected chi connectivity index (χ3v) is 5.28. The molecule has 0 aliphatic carbocycles. The van der Waals surface area contributed by atoms with E-state index in [0.29, 0.717) is 40.8 Å². The van der Waals surface area contributed by atoms with Crippen molar-refractivity contribution in [3.8, 4) is 17.2 Å². The summed E-state index contributed by atoms with van der Waals surface area (Å²) in [4.78, 5) is 17.7. The van der Waals surface area contributed by atoms with E-state index >= 15 is 0 Å². The SMILES string of the molecule is COCCn1c(=NC(=O)c2ccccc2OC)sc2cc(OC)c(OC)cc21. The standard InChI is InChI=1S/C20H22N2O5S/c1-24-10-9-22-14-11-16(26-3)17(27-4)12-18(14)28-20(22)21-19(23)13-7-5-6-8-15(13)25-2/h5-8,11-12H,9-10H2,1-4H3. The van der Waals surface area contributed by atoms with E-state index in [4.69, 9.17) is 18.9 Å². The number of nitrogens with zero attached hydrogens (tertiary/aromatic N) is 2. The van der Waals surface area contributed by atoms with Crippen LogP contribution in [0.1, 0.15) is 10.4 Å². The quantitative estimate of drug-likeness (QED) is 0.607. The summed E-state index contributed by atoms with van der Waals surface area (Å²) in [7, 11) is 6.34. The number of para-hydroxylation sites is 1. The summed E-state index contributed by atoms with van der Waals surface area (Å²) in [6.07, 6.45) is 0. The molecule has 0 unspecified atom stereocenters. The molecule has 7 nitrogen and oxygen atoms in total. The molecule has 28 heavy (non-hydrogen) atoms. The molecule has 148 valence electrons. The number of hydrogen-bond acceptors (Lipinski definition) is 6. The molecule has 0 bridgehead atoms. The van der Waals surface area contributed by atoms with Gasteiger partial charge in [0, 0.05) is 25.8 Å². The molecule has 0 atom stereocenters. The highest BCUT2D eigenvalue weighted by molar-refractivity contribution is 7.16. The van der Waals surface area contributed by atoms with Gasteiger partial charge < -0.3 is 23.5 Å². The minimum Gasteiger partial charge on any atom is -0.496 e. The first-order valence-electron chi connectivity index (χ1n) is 8.59. The predicted molar refractivity (Wildman–Crippen MR) is 108 cm³/mol. The van der Waals surface area contributed by atoms with Crippen LogP contribution in [0, 0.1) is 0 Å². The van der Waals surface area contributed by atoms with E-state index in [2.05, 4.69) is 4.99 Å². The van der Waals surface area contributed by atoms with Gasteiger partial charge in [0.15, 0.2) is 16.3 Å². The van der Waals surface area contributed by atoms with Crippen LogP contribution in [-0.2, 0) is 11.3 Å². The van der Waals surface area contributed by atoms with E-state index < -0.39 is 0 Å². The molecule has 0 saturated heterocycles. The van der Waals surface area contributed by atoms with Crippen molar-refractivity contribution in [3.05, 3.63) is 46.8 Å². The lowest BCUT2D eigenvalue weighted by molar-refractivity contribution is 0.0994. The average Bonchev–Trinajstić information content (AvgIpc) is 3.06. The monoisotopic (exact) mass is 402 g/mol. The molecule has 2 aromatic carbocycles. The van der Waals surface area contributed by atoms with Gasteiger partial charge in [-0.1, -0.05) is 23.5 Å². The summed E-state index contributed by atoms with van der Waals surface area (Å²) in [5, 5.41) is 0. The van der Waals surface area contributed by atoms with Gasteiger partial charge >= 0.3 is 0 Å². The van der Waals surface area contributed by atoms with Crippen molar-refractivity contribution < 1.29 is 23.7 Å². The second kappa shape index (κ2) is 8.90. The van der Waals surface area contributed by atoms with Crippen LogP contribution >= 0.6 is 11.3 Å². The number of fused-ring (bicyclic) bond motifs is 1. The van der Waals surface area contributed by atoms with Crippen molar-refractivity contribution in [2.75, 3.05) is 35.0 Å². The minimum absolute atomic E-state index is 0.367. The molecule has 0 radical (unpaired) electrons. The summed E-state index contributed by atoms with van der Waals surface area (Å²) >= 11 is 1.40. The molecule has 1 heterocycles. The van der Waals surface area contributed by atoms with Gasteiger partial charge in [-0.3, -0.25) is 4.79 Å². The normalized spacial score (nSPS) is 11.6. The van der Waals surface area contributed by atoms with Crippen LogP contribution < -0.4 is 19.0 Å². The Labute approximate surface area is 166 Å². The van der Waals surface area contributed by atoms with Gasteiger partial charge in [0.1, 0.15) is 5.75 Å². The van der Waals surface area contributed by atoms with Gasteiger partial charge in [-0.15, -0.1) is 0 Å². The number of methoxy groups -OCH3 is 4. The molecule has 8 heteroatoms. The Balaban J connectivity index is 2.18. The molecule has 3 rings (SSSR count). The Kier molecular flexibility index (Phi) is 6.33. The van der Waals surface area contributed by atoms with Crippen LogP contribution in [0.4, 0.5) is 0 Å². The number of aromatic nitrogens is 1. The number of ether oxygens (including phenoxy) is 4. The van der Waals surface area contributed by atoms with Crippen LogP contribution in [-0.4, -0.2) is 45.5 Å². The third-order valence-electron chi connectivity index (χ3n) is 4.24. The van der Waals surface area contributed by atoms with Crippen molar-refractivity contribution in [2.45, 2.75) is 6.54 Å². The molecular formula is C20H22N2O5S. The molecule has 0 spiro atoms. The highest BCUT2D eigenvalue weighted by Gasteiger charge is 2.15. The molecule has 0 N–H and O–H groups in total. The van der Waals surface area contributed by atoms with Gasteiger partial charge in [0.25, 0.3) is 5.91 Å². The summed E-state index contributed by atoms with van der Waals surface area (Å²) in [5.74, 6) is 1.36. The Morgan fingerprint density at radius 2 is 1.68 bits per heavy atom. The van der Waals surface area contributed by atoms with E-state index in [1.807, 2.05) is 22.8 Å². The summed E-state index contributed by atoms with van der Waals surface area (Å²) in [6, 6.07) is 10.8. The first-order valence-corrected chi connectivity index (χ1v) is 9.41. The lowest BCUT2D eigenvalue weighted by Crippen LogP contribution is -2.19. The summed E-state index contributed by atoms with van der Waals surface area (Å²) < 4.78 is 24.2. The Hall–Kier alpha value is -2.84. The number of rotatable bonds is 7. The van der Waals surface area contributed by atoms with Crippen molar-refractivity contribution in [2.24, 2.45) is 4.99 Å². The highest BCUT2D eigenvalue weighted by Crippen LogP contribution is 2.33. The minimum atomic E-state index is -0.367. The number of hydrogen-bond donors (Lipinski definition) is 0. The predicted octanol–water partition coefficient (Wildman–Crippen LogP) is 3.12. The average molecular weight is 402 g/mol. The smallest absolute Gasteiger partial charge is 0.283 e. The van der Waals surface area contributed by atoms with E-state index in [9.17, 15) is 4.79 Å². The zero-order chi connectivity index (χ0) is 20.1. The zero-order valence-electron chi connectivity index (χ0n) is 16.2. The lowest BCUT2D eigenvalue weighted by atomic mass is 10.2. The molecule has 1 amide bonds. The molecule has 0 fully saturated rings. The Bertz CT molecular complexity index is 1050. The topological polar surface area (TPSA) is 71.3 Å². The van der Waals surface area contributed by atoms with Crippen molar-refractivity contribution >= 4 is 27.5 Å². The van der Waals surface area contributed by atoms with Gasteiger partial charge in [-0.05, 0) is 12.1 Å². The Morgan fingerprint density at radius 1 is 1.00 bits per heavy atom. The van der Waals surface area contributed by atoms with Gasteiger partial charge in [0.05, 0.1) is 43.7 Å². The fraction of sp³-hybridized carbons (Fsp3) is 0.300. The lowest BCUT2D eigenvalue weighted by Gasteiger charge is -2.09. The largest absolute Gasteiger partial charge is 0.496 e. The maximum atomic E-state index is 12.8. The van der Waals surface area contributed by atoms with Gasteiger partial charge in [-0.25, -0.2) is 0 Å². The van der Waals surface area contributed by atoms with E-state index in [1.54, 1.807) is 39.5 Å². The highest BCUT2D eigenvalue weighted by atomic mass is 32.1. The van der Waals surface area contributed by atoms with E-state index in [1.165, 1.54) is 18.4 Å². The van der Waals surface area contributed by atoms with Crippen LogP contribution in [0.25, 0.3) is 10.2 Å². The zero-order valence-corrected chi connectivity index (χ0v) is 17.0. The van der Waals surface area contributed by atoms with Crippen LogP contribution in [0.5, 0.6) is 17.2 Å². The van der Waals surface area contributed by atoms with Crippen LogP contribution in [0.3, 0.4) is 0 Å². The second-order valence-electron chi connectivity index (χ2n) is 5.82. The molecule has 1 aromatic heterocycles. The maximum absolute atomic E-state index is 12.8. The molecular weight excluding hydrogens is 380 g/mol. The maximum Gasteiger partial charge on any atom is 0.283 e. The van der Waals surface area contributed by atoms with Crippen molar-refractivity contribution in [1.82, 2.24) is 4.57 Å². The van der Waals surface area contributed by atoms with E-state index in [-0.39, 0.29) is 5.91 Å². The number of thiazole rings is 1. The van der Waals surface area contributed by atoms with Gasteiger partial charge in [0.2, 0.25) is 0 Å². The number of carbonyl (C=O) groups is 1. The first-order chi connectivity index (χ1) is 13.6. The fourth-order valence-corrected chi connectivity index (χ4v) is 3.91. The molecule has 0 saturated carbocycles. The van der Waals surface area contributed by atoms with Crippen molar-refractivity contribution in [1.29, 1.82) is 0 Å². The summed E-state index contributed by atoms with van der Waals surface area (Å²) in [5.41, 5.74) is 1.31. The van der Waals surface area contributed by atoms with Crippen LogP contribution in [0.2, 0.25) is 0 Å². The van der Waals surface area contributed by atoms with Crippen molar-refractivity contribution in [3.63, 3.8) is 0 Å². The third kappa shape index (κ3) is 3.88. The number of carbonyl (C=O) groups excluding carboxylic acids is 1. The number of benzene rings is 2.